The molecule has 0 N–H and O–H groups in total. The molecule has 0 fully saturated rings. The van der Waals surface area contributed by atoms with Crippen molar-refractivity contribution in [3.63, 3.8) is 0 Å². The standard InChI is InChI=1S/C12H18FNO3S/c1-12(2,3)17-7-8-18(15,16)9-10-5-4-6-11(13)14-10/h4-6H,7-9H2,1-3H3. The average Bonchev–Trinajstić information content (AvgIpc) is 2.13. The van der Waals surface area contributed by atoms with E-state index in [9.17, 15) is 12.8 Å². The Morgan fingerprint density at radius 1 is 1.33 bits per heavy atom. The summed E-state index contributed by atoms with van der Waals surface area (Å²) in [6.07, 6.45) is 0. The smallest absolute Gasteiger partial charge is 0.213 e. The van der Waals surface area contributed by atoms with E-state index in [0.717, 1.165) is 0 Å². The van der Waals surface area contributed by atoms with Crippen molar-refractivity contribution < 1.29 is 17.5 Å². The van der Waals surface area contributed by atoms with Crippen molar-refractivity contribution in [2.75, 3.05) is 12.4 Å². The lowest BCUT2D eigenvalue weighted by atomic mass is 10.2. The first-order valence-corrected chi connectivity index (χ1v) is 7.46. The Balaban J connectivity index is 2.55. The fraction of sp³-hybridized carbons (Fsp3) is 0.583. The number of pyridine rings is 1. The summed E-state index contributed by atoms with van der Waals surface area (Å²) in [6.45, 7) is 5.69. The first-order valence-electron chi connectivity index (χ1n) is 5.64. The Kier molecular flexibility index (Phi) is 4.81. The van der Waals surface area contributed by atoms with Crippen molar-refractivity contribution in [1.29, 1.82) is 0 Å². The molecule has 0 saturated heterocycles. The van der Waals surface area contributed by atoms with Gasteiger partial charge in [0, 0.05) is 0 Å². The molecule has 0 aliphatic rings. The van der Waals surface area contributed by atoms with Gasteiger partial charge in [0.15, 0.2) is 9.84 Å². The Hall–Kier alpha value is -1.01. The van der Waals surface area contributed by atoms with Crippen molar-refractivity contribution in [2.45, 2.75) is 32.1 Å². The molecule has 4 nitrogen and oxygen atoms in total. The topological polar surface area (TPSA) is 56.3 Å². The molecule has 0 amide bonds. The molecule has 0 aliphatic carbocycles. The van der Waals surface area contributed by atoms with Crippen LogP contribution in [0.4, 0.5) is 4.39 Å². The van der Waals surface area contributed by atoms with Crippen LogP contribution in [0.5, 0.6) is 0 Å². The molecule has 6 heteroatoms. The van der Waals surface area contributed by atoms with E-state index in [1.165, 1.54) is 18.2 Å². The summed E-state index contributed by atoms with van der Waals surface area (Å²) in [5.74, 6) is -1.03. The Bertz CT molecular complexity index is 494. The van der Waals surface area contributed by atoms with Gasteiger partial charge in [0.2, 0.25) is 5.95 Å². The molecule has 1 heterocycles. The van der Waals surface area contributed by atoms with Crippen molar-refractivity contribution >= 4 is 9.84 Å². The molecule has 0 radical (unpaired) electrons. The highest BCUT2D eigenvalue weighted by Crippen LogP contribution is 2.09. The van der Waals surface area contributed by atoms with Crippen molar-refractivity contribution in [3.8, 4) is 0 Å². The summed E-state index contributed by atoms with van der Waals surface area (Å²) in [5, 5.41) is 0. The van der Waals surface area contributed by atoms with Gasteiger partial charge in [-0.15, -0.1) is 0 Å². The van der Waals surface area contributed by atoms with E-state index in [1.807, 2.05) is 20.8 Å². The van der Waals surface area contributed by atoms with Gasteiger partial charge in [-0.05, 0) is 32.9 Å². The van der Waals surface area contributed by atoms with Gasteiger partial charge in [-0.25, -0.2) is 13.4 Å². The Labute approximate surface area is 107 Å². The third-order valence-electron chi connectivity index (χ3n) is 2.07. The quantitative estimate of drug-likeness (QED) is 0.771. The Morgan fingerprint density at radius 2 is 2.00 bits per heavy atom. The minimum atomic E-state index is -3.33. The SMILES string of the molecule is CC(C)(C)OCCS(=O)(=O)Cc1cccc(F)n1. The number of halogens is 1. The lowest BCUT2D eigenvalue weighted by molar-refractivity contribution is 0.00644. The minimum absolute atomic E-state index is 0.0948. The normalized spacial score (nSPS) is 12.7. The van der Waals surface area contributed by atoms with Crippen LogP contribution < -0.4 is 0 Å². The molecule has 1 rings (SSSR count). The first kappa shape index (κ1) is 15.0. The minimum Gasteiger partial charge on any atom is -0.375 e. The number of sulfone groups is 1. The molecule has 0 unspecified atom stereocenters. The number of aromatic nitrogens is 1. The van der Waals surface area contributed by atoms with Gasteiger partial charge >= 0.3 is 0 Å². The van der Waals surface area contributed by atoms with E-state index in [1.54, 1.807) is 0 Å². The molecular formula is C12H18FNO3S. The number of hydrogen-bond acceptors (Lipinski definition) is 4. The summed E-state index contributed by atoms with van der Waals surface area (Å²) >= 11 is 0. The van der Waals surface area contributed by atoms with Crippen LogP contribution in [0, 0.1) is 5.95 Å². The highest BCUT2D eigenvalue weighted by Gasteiger charge is 2.16. The highest BCUT2D eigenvalue weighted by atomic mass is 32.2. The van der Waals surface area contributed by atoms with Crippen LogP contribution >= 0.6 is 0 Å². The van der Waals surface area contributed by atoms with Crippen molar-refractivity contribution in [3.05, 3.63) is 29.8 Å². The van der Waals surface area contributed by atoms with Gasteiger partial charge in [-0.2, -0.15) is 4.39 Å². The van der Waals surface area contributed by atoms with Gasteiger partial charge in [0.25, 0.3) is 0 Å². The maximum atomic E-state index is 12.8. The largest absolute Gasteiger partial charge is 0.375 e. The van der Waals surface area contributed by atoms with Crippen molar-refractivity contribution in [1.82, 2.24) is 4.98 Å². The van der Waals surface area contributed by atoms with E-state index in [-0.39, 0.29) is 29.4 Å². The summed E-state index contributed by atoms with van der Waals surface area (Å²) < 4.78 is 41.7. The molecule has 0 saturated carbocycles. The molecule has 1 aromatic heterocycles. The zero-order valence-electron chi connectivity index (χ0n) is 10.8. The highest BCUT2D eigenvalue weighted by molar-refractivity contribution is 7.90. The lowest BCUT2D eigenvalue weighted by Gasteiger charge is -2.19. The lowest BCUT2D eigenvalue weighted by Crippen LogP contribution is -2.24. The van der Waals surface area contributed by atoms with Crippen LogP contribution in [0.2, 0.25) is 0 Å². The van der Waals surface area contributed by atoms with E-state index in [0.29, 0.717) is 0 Å². The summed E-state index contributed by atoms with van der Waals surface area (Å²) in [5.41, 5.74) is -0.155. The molecule has 0 atom stereocenters. The van der Waals surface area contributed by atoms with Gasteiger partial charge < -0.3 is 4.74 Å². The zero-order chi connectivity index (χ0) is 13.8. The molecule has 0 aliphatic heterocycles. The second kappa shape index (κ2) is 5.75. The summed E-state index contributed by atoms with van der Waals surface area (Å²) in [4.78, 5) is 3.53. The molecule has 0 aromatic carbocycles. The number of ether oxygens (including phenoxy) is 1. The van der Waals surface area contributed by atoms with Gasteiger partial charge in [0.1, 0.15) is 0 Å². The molecule has 1 aromatic rings. The average molecular weight is 275 g/mol. The fourth-order valence-corrected chi connectivity index (χ4v) is 2.40. The second-order valence-corrected chi connectivity index (χ2v) is 7.19. The van der Waals surface area contributed by atoms with Crippen LogP contribution in [-0.4, -0.2) is 31.4 Å². The predicted molar refractivity (Wildman–Crippen MR) is 67.4 cm³/mol. The number of nitrogens with zero attached hydrogens (tertiary/aromatic N) is 1. The molecular weight excluding hydrogens is 257 g/mol. The maximum absolute atomic E-state index is 12.8. The van der Waals surface area contributed by atoms with Crippen LogP contribution in [0.25, 0.3) is 0 Å². The summed E-state index contributed by atoms with van der Waals surface area (Å²) in [6, 6.07) is 4.11. The van der Waals surface area contributed by atoms with Crippen LogP contribution in [0.3, 0.4) is 0 Å². The van der Waals surface area contributed by atoms with Gasteiger partial charge in [-0.1, -0.05) is 6.07 Å². The van der Waals surface area contributed by atoms with Crippen LogP contribution in [0.15, 0.2) is 18.2 Å². The molecule has 102 valence electrons. The van der Waals surface area contributed by atoms with E-state index in [2.05, 4.69) is 4.98 Å². The van der Waals surface area contributed by atoms with E-state index >= 15 is 0 Å². The Morgan fingerprint density at radius 3 is 2.56 bits per heavy atom. The third kappa shape index (κ3) is 6.07. The third-order valence-corrected chi connectivity index (χ3v) is 3.59. The maximum Gasteiger partial charge on any atom is 0.213 e. The van der Waals surface area contributed by atoms with Crippen LogP contribution in [0.1, 0.15) is 26.5 Å². The van der Waals surface area contributed by atoms with Gasteiger partial charge in [-0.3, -0.25) is 0 Å². The number of rotatable bonds is 5. The fourth-order valence-electron chi connectivity index (χ4n) is 1.30. The summed E-state index contributed by atoms with van der Waals surface area (Å²) in [7, 11) is -3.33. The van der Waals surface area contributed by atoms with Gasteiger partial charge in [0.05, 0.1) is 29.4 Å². The van der Waals surface area contributed by atoms with E-state index in [4.69, 9.17) is 4.74 Å². The molecule has 0 bridgehead atoms. The predicted octanol–water partition coefficient (Wildman–Crippen LogP) is 1.95. The van der Waals surface area contributed by atoms with Crippen molar-refractivity contribution in [2.24, 2.45) is 0 Å². The number of hydrogen-bond donors (Lipinski definition) is 0. The second-order valence-electron chi connectivity index (χ2n) is 5.00. The molecule has 18 heavy (non-hydrogen) atoms. The van der Waals surface area contributed by atoms with E-state index < -0.39 is 15.8 Å². The van der Waals surface area contributed by atoms with Crippen LogP contribution in [-0.2, 0) is 20.3 Å². The monoisotopic (exact) mass is 275 g/mol. The first-order chi connectivity index (χ1) is 8.18. The molecule has 0 spiro atoms. The zero-order valence-corrected chi connectivity index (χ0v) is 11.6.